The molecule has 112 valence electrons. The van der Waals surface area contributed by atoms with E-state index in [0.29, 0.717) is 18.0 Å². The van der Waals surface area contributed by atoms with Crippen molar-refractivity contribution in [2.75, 3.05) is 13.7 Å². The molecule has 0 aliphatic rings. The van der Waals surface area contributed by atoms with Crippen molar-refractivity contribution in [3.05, 3.63) is 23.9 Å². The minimum absolute atomic E-state index is 0.134. The van der Waals surface area contributed by atoms with E-state index >= 15 is 0 Å². The SMILES string of the molecule is COc1ncccc1C(=O)NCC(C)(C)C(O)C(C)C. The number of ether oxygens (including phenoxy) is 1. The average Bonchev–Trinajstić information content (AvgIpc) is 2.43. The van der Waals surface area contributed by atoms with Crippen LogP contribution in [0.1, 0.15) is 38.1 Å². The second-order valence-corrected chi connectivity index (χ2v) is 5.92. The number of rotatable bonds is 6. The number of carbonyl (C=O) groups excluding carboxylic acids is 1. The second-order valence-electron chi connectivity index (χ2n) is 5.92. The molecule has 5 nitrogen and oxygen atoms in total. The molecule has 0 saturated carbocycles. The smallest absolute Gasteiger partial charge is 0.256 e. The van der Waals surface area contributed by atoms with Crippen molar-refractivity contribution in [2.24, 2.45) is 11.3 Å². The van der Waals surface area contributed by atoms with Crippen molar-refractivity contribution >= 4 is 5.91 Å². The molecule has 1 amide bonds. The lowest BCUT2D eigenvalue weighted by molar-refractivity contribution is 0.0138. The van der Waals surface area contributed by atoms with Crippen LogP contribution in [0, 0.1) is 11.3 Å². The van der Waals surface area contributed by atoms with Crippen LogP contribution in [0.15, 0.2) is 18.3 Å². The standard InChI is InChI=1S/C15H24N2O3/c1-10(2)12(18)15(3,4)9-17-13(19)11-7-6-8-16-14(11)20-5/h6-8,10,12,18H,9H2,1-5H3,(H,17,19). The van der Waals surface area contributed by atoms with E-state index in [0.717, 1.165) is 0 Å². The van der Waals surface area contributed by atoms with E-state index < -0.39 is 11.5 Å². The van der Waals surface area contributed by atoms with Gasteiger partial charge >= 0.3 is 0 Å². The number of hydrogen-bond donors (Lipinski definition) is 2. The van der Waals surface area contributed by atoms with Gasteiger partial charge in [0, 0.05) is 18.2 Å². The molecule has 1 aromatic heterocycles. The summed E-state index contributed by atoms with van der Waals surface area (Å²) in [5, 5.41) is 13.0. The molecule has 0 bridgehead atoms. The Morgan fingerprint density at radius 2 is 2.15 bits per heavy atom. The van der Waals surface area contributed by atoms with Gasteiger partial charge in [-0.3, -0.25) is 4.79 Å². The van der Waals surface area contributed by atoms with E-state index in [1.54, 1.807) is 18.3 Å². The quantitative estimate of drug-likeness (QED) is 0.834. The molecule has 2 N–H and O–H groups in total. The fourth-order valence-electron chi connectivity index (χ4n) is 2.14. The third kappa shape index (κ3) is 3.93. The molecule has 0 saturated heterocycles. The highest BCUT2D eigenvalue weighted by Crippen LogP contribution is 2.25. The summed E-state index contributed by atoms with van der Waals surface area (Å²) in [6, 6.07) is 3.35. The largest absolute Gasteiger partial charge is 0.480 e. The highest BCUT2D eigenvalue weighted by Gasteiger charge is 2.30. The number of methoxy groups -OCH3 is 1. The van der Waals surface area contributed by atoms with Crippen LogP contribution in [0.4, 0.5) is 0 Å². The summed E-state index contributed by atoms with van der Waals surface area (Å²) in [6.07, 6.45) is 1.08. The Morgan fingerprint density at radius 3 is 2.70 bits per heavy atom. The molecule has 1 rings (SSSR count). The summed E-state index contributed by atoms with van der Waals surface area (Å²) >= 11 is 0. The molecule has 0 aliphatic carbocycles. The summed E-state index contributed by atoms with van der Waals surface area (Å²) in [5.74, 6) is 0.182. The zero-order valence-corrected chi connectivity index (χ0v) is 12.8. The van der Waals surface area contributed by atoms with Gasteiger partial charge in [-0.2, -0.15) is 0 Å². The predicted molar refractivity (Wildman–Crippen MR) is 77.7 cm³/mol. The minimum atomic E-state index is -0.487. The number of hydrogen-bond acceptors (Lipinski definition) is 4. The van der Waals surface area contributed by atoms with Gasteiger partial charge in [-0.1, -0.05) is 27.7 Å². The highest BCUT2D eigenvalue weighted by molar-refractivity contribution is 5.96. The first-order valence-corrected chi connectivity index (χ1v) is 6.75. The maximum atomic E-state index is 12.2. The van der Waals surface area contributed by atoms with Crippen molar-refractivity contribution in [1.29, 1.82) is 0 Å². The summed E-state index contributed by atoms with van der Waals surface area (Å²) in [4.78, 5) is 16.1. The van der Waals surface area contributed by atoms with Gasteiger partial charge in [-0.15, -0.1) is 0 Å². The maximum absolute atomic E-state index is 12.2. The Labute approximate surface area is 120 Å². The third-order valence-corrected chi connectivity index (χ3v) is 3.35. The number of nitrogens with zero attached hydrogens (tertiary/aromatic N) is 1. The molecule has 1 unspecified atom stereocenters. The molecular formula is C15H24N2O3. The van der Waals surface area contributed by atoms with E-state index in [1.165, 1.54) is 7.11 Å². The van der Waals surface area contributed by atoms with Crippen molar-refractivity contribution in [3.63, 3.8) is 0 Å². The molecule has 0 fully saturated rings. The van der Waals surface area contributed by atoms with Gasteiger partial charge in [0.05, 0.1) is 13.2 Å². The van der Waals surface area contributed by atoms with Crippen LogP contribution in [0.25, 0.3) is 0 Å². The molecule has 0 aliphatic heterocycles. The monoisotopic (exact) mass is 280 g/mol. The van der Waals surface area contributed by atoms with Crippen LogP contribution in [0.2, 0.25) is 0 Å². The van der Waals surface area contributed by atoms with Crippen LogP contribution < -0.4 is 10.1 Å². The fourth-order valence-corrected chi connectivity index (χ4v) is 2.14. The van der Waals surface area contributed by atoms with E-state index in [1.807, 2.05) is 27.7 Å². The molecule has 20 heavy (non-hydrogen) atoms. The number of aliphatic hydroxyl groups excluding tert-OH is 1. The van der Waals surface area contributed by atoms with E-state index in [-0.39, 0.29) is 11.8 Å². The Morgan fingerprint density at radius 1 is 1.50 bits per heavy atom. The normalized spacial score (nSPS) is 13.2. The lowest BCUT2D eigenvalue weighted by Crippen LogP contribution is -2.43. The number of aliphatic hydroxyl groups is 1. The fraction of sp³-hybridized carbons (Fsp3) is 0.600. The van der Waals surface area contributed by atoms with E-state index in [2.05, 4.69) is 10.3 Å². The van der Waals surface area contributed by atoms with Crippen LogP contribution in [-0.4, -0.2) is 35.8 Å². The zero-order chi connectivity index (χ0) is 15.3. The summed E-state index contributed by atoms with van der Waals surface area (Å²) in [5.41, 5.74) is -0.0101. The molecule has 1 atom stereocenters. The van der Waals surface area contributed by atoms with Crippen molar-refractivity contribution in [2.45, 2.75) is 33.8 Å². The van der Waals surface area contributed by atoms with Crippen molar-refractivity contribution < 1.29 is 14.6 Å². The lowest BCUT2D eigenvalue weighted by Gasteiger charge is -2.33. The molecule has 0 aromatic carbocycles. The van der Waals surface area contributed by atoms with Gasteiger partial charge in [0.2, 0.25) is 5.88 Å². The molecule has 0 spiro atoms. The van der Waals surface area contributed by atoms with Gasteiger partial charge in [0.15, 0.2) is 0 Å². The number of carbonyl (C=O) groups is 1. The zero-order valence-electron chi connectivity index (χ0n) is 12.8. The number of nitrogens with one attached hydrogen (secondary N) is 1. The van der Waals surface area contributed by atoms with Gasteiger partial charge in [0.1, 0.15) is 5.56 Å². The van der Waals surface area contributed by atoms with Crippen LogP contribution in [0.5, 0.6) is 5.88 Å². The Bertz CT molecular complexity index is 458. The number of aromatic nitrogens is 1. The van der Waals surface area contributed by atoms with Gasteiger partial charge in [-0.05, 0) is 18.1 Å². The van der Waals surface area contributed by atoms with Crippen molar-refractivity contribution in [3.8, 4) is 5.88 Å². The topological polar surface area (TPSA) is 71.5 Å². The molecule has 5 heteroatoms. The first-order valence-electron chi connectivity index (χ1n) is 6.75. The first-order chi connectivity index (χ1) is 9.29. The lowest BCUT2D eigenvalue weighted by atomic mass is 9.80. The Balaban J connectivity index is 2.72. The number of pyridine rings is 1. The summed E-state index contributed by atoms with van der Waals surface area (Å²) in [7, 11) is 1.48. The van der Waals surface area contributed by atoms with Crippen molar-refractivity contribution in [1.82, 2.24) is 10.3 Å². The molecule has 0 radical (unpaired) electrons. The summed E-state index contributed by atoms with van der Waals surface area (Å²) in [6.45, 7) is 8.15. The van der Waals surface area contributed by atoms with E-state index in [4.69, 9.17) is 4.74 Å². The molecular weight excluding hydrogens is 256 g/mol. The molecule has 1 aromatic rings. The average molecular weight is 280 g/mol. The molecule has 1 heterocycles. The highest BCUT2D eigenvalue weighted by atomic mass is 16.5. The van der Waals surface area contributed by atoms with Gasteiger partial charge in [0.25, 0.3) is 5.91 Å². The Kier molecular flexibility index (Phi) is 5.51. The minimum Gasteiger partial charge on any atom is -0.480 e. The van der Waals surface area contributed by atoms with Crippen LogP contribution in [-0.2, 0) is 0 Å². The third-order valence-electron chi connectivity index (χ3n) is 3.35. The van der Waals surface area contributed by atoms with E-state index in [9.17, 15) is 9.90 Å². The Hall–Kier alpha value is -1.62. The van der Waals surface area contributed by atoms with Crippen LogP contribution >= 0.6 is 0 Å². The maximum Gasteiger partial charge on any atom is 0.256 e. The summed E-state index contributed by atoms with van der Waals surface area (Å²) < 4.78 is 5.06. The first kappa shape index (κ1) is 16.4. The predicted octanol–water partition coefficient (Wildman–Crippen LogP) is 1.86. The van der Waals surface area contributed by atoms with Gasteiger partial charge < -0.3 is 15.2 Å². The van der Waals surface area contributed by atoms with Gasteiger partial charge in [-0.25, -0.2) is 4.98 Å². The van der Waals surface area contributed by atoms with Crippen LogP contribution in [0.3, 0.4) is 0 Å². The second kappa shape index (κ2) is 6.70. The number of amides is 1.